The van der Waals surface area contributed by atoms with Crippen LogP contribution < -0.4 is 16.6 Å². The standard InChI is InChI=1S/C16H16N4O5S/c1-8-4-5-9(6-11(8)26(24,25)19(2)3)20-12(21)7-10-13(14(20)17)16(23)18-15(10)22/h4-7H,17H2,1-3H3,(H,18,22,23). The fourth-order valence-corrected chi connectivity index (χ4v) is 3.89. The average Bonchev–Trinajstić information content (AvgIpc) is 2.82. The third-order valence-corrected chi connectivity index (χ3v) is 6.10. The minimum Gasteiger partial charge on any atom is -0.384 e. The van der Waals surface area contributed by atoms with Gasteiger partial charge in [0.15, 0.2) is 0 Å². The van der Waals surface area contributed by atoms with Gasteiger partial charge in [-0.1, -0.05) is 6.07 Å². The van der Waals surface area contributed by atoms with Gasteiger partial charge in [-0.05, 0) is 24.6 Å². The summed E-state index contributed by atoms with van der Waals surface area (Å²) >= 11 is 0. The zero-order valence-corrected chi connectivity index (χ0v) is 15.0. The number of nitrogen functional groups attached to an aromatic ring is 1. The van der Waals surface area contributed by atoms with Gasteiger partial charge in [0.25, 0.3) is 17.4 Å². The maximum Gasteiger partial charge on any atom is 0.262 e. The summed E-state index contributed by atoms with van der Waals surface area (Å²) in [5, 5.41) is 2.08. The predicted molar refractivity (Wildman–Crippen MR) is 93.9 cm³/mol. The molecule has 26 heavy (non-hydrogen) atoms. The van der Waals surface area contributed by atoms with Crippen LogP contribution in [-0.2, 0) is 10.0 Å². The summed E-state index contributed by atoms with van der Waals surface area (Å²) in [6.07, 6.45) is 0. The second kappa shape index (κ2) is 5.78. The molecular weight excluding hydrogens is 360 g/mol. The van der Waals surface area contributed by atoms with Crippen LogP contribution in [0.25, 0.3) is 5.69 Å². The van der Waals surface area contributed by atoms with Crippen molar-refractivity contribution < 1.29 is 18.0 Å². The summed E-state index contributed by atoms with van der Waals surface area (Å²) in [6, 6.07) is 5.37. The van der Waals surface area contributed by atoms with Crippen LogP contribution in [0.4, 0.5) is 5.82 Å². The molecule has 0 saturated carbocycles. The number of hydrogen-bond donors (Lipinski definition) is 2. The van der Waals surface area contributed by atoms with Crippen molar-refractivity contribution in [2.24, 2.45) is 0 Å². The topological polar surface area (TPSA) is 132 Å². The number of nitrogens with zero attached hydrogens (tertiary/aromatic N) is 2. The van der Waals surface area contributed by atoms with Crippen LogP contribution in [0.3, 0.4) is 0 Å². The Hall–Kier alpha value is -2.98. The SMILES string of the molecule is Cc1ccc(-n2c(N)c3c(cc2=O)C(=O)NC3=O)cc1S(=O)(=O)N(C)C. The van der Waals surface area contributed by atoms with E-state index < -0.39 is 27.4 Å². The molecule has 1 aliphatic heterocycles. The molecule has 136 valence electrons. The van der Waals surface area contributed by atoms with E-state index in [1.165, 1.54) is 32.3 Å². The zero-order valence-electron chi connectivity index (χ0n) is 14.2. The fraction of sp³-hybridized carbons (Fsp3) is 0.188. The molecule has 0 bridgehead atoms. The molecule has 1 aliphatic rings. The molecule has 9 nitrogen and oxygen atoms in total. The first-order valence-electron chi connectivity index (χ1n) is 7.50. The number of amides is 2. The van der Waals surface area contributed by atoms with Crippen molar-refractivity contribution in [3.05, 3.63) is 51.3 Å². The van der Waals surface area contributed by atoms with Crippen LogP contribution in [0.15, 0.2) is 34.0 Å². The Morgan fingerprint density at radius 2 is 1.73 bits per heavy atom. The van der Waals surface area contributed by atoms with Gasteiger partial charge >= 0.3 is 0 Å². The number of imide groups is 1. The molecule has 2 amide bonds. The highest BCUT2D eigenvalue weighted by Gasteiger charge is 2.32. The van der Waals surface area contributed by atoms with E-state index in [2.05, 4.69) is 5.32 Å². The number of hydrogen-bond acceptors (Lipinski definition) is 6. The Morgan fingerprint density at radius 1 is 1.08 bits per heavy atom. The fourth-order valence-electron chi connectivity index (χ4n) is 2.75. The van der Waals surface area contributed by atoms with E-state index in [1.807, 2.05) is 0 Å². The van der Waals surface area contributed by atoms with E-state index >= 15 is 0 Å². The highest BCUT2D eigenvalue weighted by Crippen LogP contribution is 2.26. The van der Waals surface area contributed by atoms with Crippen LogP contribution in [0.1, 0.15) is 26.3 Å². The summed E-state index contributed by atoms with van der Waals surface area (Å²) in [5.41, 5.74) is 5.78. The van der Waals surface area contributed by atoms with Gasteiger partial charge in [0, 0.05) is 20.2 Å². The number of carbonyl (C=O) groups is 2. The van der Waals surface area contributed by atoms with E-state index in [4.69, 9.17) is 5.73 Å². The van der Waals surface area contributed by atoms with Crippen molar-refractivity contribution in [1.82, 2.24) is 14.2 Å². The number of benzene rings is 1. The molecule has 0 fully saturated rings. The maximum atomic E-state index is 12.5. The number of fused-ring (bicyclic) bond motifs is 1. The number of carbonyl (C=O) groups excluding carboxylic acids is 2. The summed E-state index contributed by atoms with van der Waals surface area (Å²) in [7, 11) is -0.959. The Balaban J connectivity index is 2.31. The van der Waals surface area contributed by atoms with Gasteiger partial charge in [0.1, 0.15) is 5.82 Å². The smallest absolute Gasteiger partial charge is 0.262 e. The lowest BCUT2D eigenvalue weighted by molar-refractivity contribution is 0.0880. The Bertz CT molecular complexity index is 1130. The quantitative estimate of drug-likeness (QED) is 0.717. The van der Waals surface area contributed by atoms with Crippen LogP contribution in [-0.4, -0.2) is 43.2 Å². The monoisotopic (exact) mass is 376 g/mol. The molecule has 3 rings (SSSR count). The van der Waals surface area contributed by atoms with E-state index in [0.717, 1.165) is 14.9 Å². The second-order valence-electron chi connectivity index (χ2n) is 6.01. The molecule has 1 aromatic heterocycles. The highest BCUT2D eigenvalue weighted by molar-refractivity contribution is 7.89. The number of sulfonamides is 1. The molecule has 0 unspecified atom stereocenters. The average molecular weight is 376 g/mol. The van der Waals surface area contributed by atoms with Crippen LogP contribution in [0, 0.1) is 6.92 Å². The Labute approximate surface area is 149 Å². The zero-order chi connectivity index (χ0) is 19.4. The number of pyridine rings is 1. The van der Waals surface area contributed by atoms with Crippen molar-refractivity contribution in [1.29, 1.82) is 0 Å². The van der Waals surface area contributed by atoms with Crippen molar-refractivity contribution in [3.8, 4) is 5.69 Å². The third kappa shape index (κ3) is 2.50. The first kappa shape index (κ1) is 17.8. The highest BCUT2D eigenvalue weighted by atomic mass is 32.2. The first-order chi connectivity index (χ1) is 12.1. The maximum absolute atomic E-state index is 12.5. The Morgan fingerprint density at radius 3 is 2.35 bits per heavy atom. The molecule has 3 N–H and O–H groups in total. The summed E-state index contributed by atoms with van der Waals surface area (Å²) in [4.78, 5) is 36.1. The van der Waals surface area contributed by atoms with Crippen molar-refractivity contribution in [2.75, 3.05) is 19.8 Å². The van der Waals surface area contributed by atoms with Gasteiger partial charge in [-0.2, -0.15) is 0 Å². The molecular formula is C16H16N4O5S. The number of anilines is 1. The van der Waals surface area contributed by atoms with Crippen molar-refractivity contribution in [2.45, 2.75) is 11.8 Å². The minimum absolute atomic E-state index is 0.00678. The first-order valence-corrected chi connectivity index (χ1v) is 8.94. The van der Waals surface area contributed by atoms with Crippen molar-refractivity contribution >= 4 is 27.7 Å². The van der Waals surface area contributed by atoms with Gasteiger partial charge in [-0.25, -0.2) is 12.7 Å². The van der Waals surface area contributed by atoms with Crippen molar-refractivity contribution in [3.63, 3.8) is 0 Å². The third-order valence-electron chi connectivity index (χ3n) is 4.14. The number of aryl methyl sites for hydroxylation is 1. The van der Waals surface area contributed by atoms with E-state index in [1.54, 1.807) is 6.92 Å². The number of aromatic nitrogens is 1. The molecule has 0 saturated heterocycles. The predicted octanol–water partition coefficient (Wildman–Crippen LogP) is -0.138. The number of nitrogens with two attached hydrogens (primary N) is 1. The normalized spacial score (nSPS) is 13.8. The van der Waals surface area contributed by atoms with E-state index in [-0.39, 0.29) is 27.5 Å². The minimum atomic E-state index is -3.75. The summed E-state index contributed by atoms with van der Waals surface area (Å²) < 4.78 is 27.0. The lowest BCUT2D eigenvalue weighted by atomic mass is 10.1. The van der Waals surface area contributed by atoms with Gasteiger partial charge < -0.3 is 5.73 Å². The van der Waals surface area contributed by atoms with Crippen LogP contribution >= 0.6 is 0 Å². The molecule has 0 radical (unpaired) electrons. The molecule has 1 aromatic carbocycles. The van der Waals surface area contributed by atoms with E-state index in [0.29, 0.717) is 5.56 Å². The van der Waals surface area contributed by atoms with Gasteiger partial charge in [0.05, 0.1) is 21.7 Å². The summed E-state index contributed by atoms with van der Waals surface area (Å²) in [6.45, 7) is 1.63. The molecule has 10 heteroatoms. The molecule has 0 atom stereocenters. The molecule has 0 spiro atoms. The number of nitrogens with one attached hydrogen (secondary N) is 1. The van der Waals surface area contributed by atoms with Gasteiger partial charge in [-0.3, -0.25) is 24.3 Å². The molecule has 0 aliphatic carbocycles. The summed E-state index contributed by atoms with van der Waals surface area (Å²) in [5.74, 6) is -1.63. The number of rotatable bonds is 3. The lowest BCUT2D eigenvalue weighted by Gasteiger charge is -2.17. The molecule has 2 heterocycles. The molecule has 2 aromatic rings. The van der Waals surface area contributed by atoms with Crippen LogP contribution in [0.5, 0.6) is 0 Å². The largest absolute Gasteiger partial charge is 0.384 e. The van der Waals surface area contributed by atoms with E-state index in [9.17, 15) is 22.8 Å². The van der Waals surface area contributed by atoms with Gasteiger partial charge in [0.2, 0.25) is 10.0 Å². The lowest BCUT2D eigenvalue weighted by Crippen LogP contribution is -2.26. The van der Waals surface area contributed by atoms with Crippen LogP contribution in [0.2, 0.25) is 0 Å². The second-order valence-corrected chi connectivity index (χ2v) is 8.13. The van der Waals surface area contributed by atoms with Gasteiger partial charge in [-0.15, -0.1) is 0 Å². The Kier molecular flexibility index (Phi) is 3.97.